The maximum Gasteiger partial charge on any atom is 0.265 e. The molecule has 0 aromatic heterocycles. The van der Waals surface area contributed by atoms with E-state index in [4.69, 9.17) is 0 Å². The predicted molar refractivity (Wildman–Crippen MR) is 119 cm³/mol. The van der Waals surface area contributed by atoms with Crippen LogP contribution in [0.5, 0.6) is 0 Å². The van der Waals surface area contributed by atoms with Crippen LogP contribution >= 0.6 is 15.9 Å². The van der Waals surface area contributed by atoms with E-state index >= 15 is 0 Å². The van der Waals surface area contributed by atoms with Gasteiger partial charge in [0.15, 0.2) is 0 Å². The van der Waals surface area contributed by atoms with Gasteiger partial charge in [0.2, 0.25) is 0 Å². The number of fused-ring (bicyclic) bond motifs is 1. The van der Waals surface area contributed by atoms with E-state index in [9.17, 15) is 4.79 Å². The van der Waals surface area contributed by atoms with Crippen molar-refractivity contribution in [1.29, 1.82) is 0 Å². The average molecular weight is 442 g/mol. The van der Waals surface area contributed by atoms with Crippen molar-refractivity contribution in [3.05, 3.63) is 70.1 Å². The number of aliphatic imine (C=N–C) groups is 1. The van der Waals surface area contributed by atoms with Crippen LogP contribution in [-0.2, 0) is 11.2 Å². The summed E-state index contributed by atoms with van der Waals surface area (Å²) in [5.74, 6) is 1.24. The van der Waals surface area contributed by atoms with Gasteiger partial charge >= 0.3 is 0 Å². The van der Waals surface area contributed by atoms with Crippen LogP contribution in [0.1, 0.15) is 43.9 Å². The number of rotatable bonds is 6. The smallest absolute Gasteiger partial charge is 0.265 e. The molecule has 0 bridgehead atoms. The van der Waals surface area contributed by atoms with Crippen molar-refractivity contribution < 1.29 is 4.79 Å². The maximum atomic E-state index is 12.9. The molecule has 0 saturated heterocycles. The molecule has 1 aliphatic carbocycles. The van der Waals surface area contributed by atoms with Crippen LogP contribution in [0.4, 0.5) is 0 Å². The standard InChI is InChI=1S/C23H28BrN3O/c1-5-21(19-10-11-19)26(4)22(14-16(2)24)25-15-23(28)27-13-12-18-8-6-7-9-20(18)17(27)3/h5-9,14-15,17,19H,2,10-13H2,1,3-4H3/b21-5-,22-14-,25-15?. The zero-order valence-corrected chi connectivity index (χ0v) is 18.4. The number of amides is 1. The van der Waals surface area contributed by atoms with E-state index < -0.39 is 0 Å². The van der Waals surface area contributed by atoms with Gasteiger partial charge in [0, 0.05) is 23.8 Å². The first kappa shape index (κ1) is 20.6. The van der Waals surface area contributed by atoms with Crippen molar-refractivity contribution in [3.8, 4) is 0 Å². The Hall–Kier alpha value is -2.14. The normalized spacial score (nSPS) is 20.3. The number of carbonyl (C=O) groups is 1. The first-order valence-electron chi connectivity index (χ1n) is 9.81. The monoisotopic (exact) mass is 441 g/mol. The third kappa shape index (κ3) is 4.64. The molecule has 1 aromatic carbocycles. The Bertz CT molecular complexity index is 851. The number of nitrogens with zero attached hydrogens (tertiary/aromatic N) is 3. The van der Waals surface area contributed by atoms with E-state index in [1.165, 1.54) is 35.9 Å². The van der Waals surface area contributed by atoms with E-state index in [2.05, 4.69) is 63.6 Å². The fourth-order valence-electron chi connectivity index (χ4n) is 3.84. The van der Waals surface area contributed by atoms with Gasteiger partial charge in [-0.2, -0.15) is 0 Å². The van der Waals surface area contributed by atoms with Gasteiger partial charge in [0.25, 0.3) is 5.91 Å². The molecule has 5 heteroatoms. The largest absolute Gasteiger partial charge is 0.333 e. The molecule has 0 spiro atoms. The van der Waals surface area contributed by atoms with Crippen molar-refractivity contribution in [3.63, 3.8) is 0 Å². The molecule has 1 unspecified atom stereocenters. The van der Waals surface area contributed by atoms with Crippen LogP contribution in [0.2, 0.25) is 0 Å². The molecule has 1 saturated carbocycles. The van der Waals surface area contributed by atoms with Crippen molar-refractivity contribution in [2.45, 2.75) is 39.2 Å². The van der Waals surface area contributed by atoms with E-state index in [0.717, 1.165) is 10.9 Å². The van der Waals surface area contributed by atoms with Crippen molar-refractivity contribution in [2.24, 2.45) is 10.9 Å². The third-order valence-electron chi connectivity index (χ3n) is 5.49. The highest BCUT2D eigenvalue weighted by Crippen LogP contribution is 2.39. The molecule has 28 heavy (non-hydrogen) atoms. The molecule has 4 nitrogen and oxygen atoms in total. The number of carbonyl (C=O) groups excluding carboxylic acids is 1. The number of hydrogen-bond acceptors (Lipinski definition) is 3. The number of benzene rings is 1. The molecule has 0 radical (unpaired) electrons. The average Bonchev–Trinajstić information content (AvgIpc) is 3.50. The van der Waals surface area contributed by atoms with E-state index in [0.29, 0.717) is 18.3 Å². The second-order valence-corrected chi connectivity index (χ2v) is 8.43. The Morgan fingerprint density at radius 2 is 2.07 bits per heavy atom. The molecular weight excluding hydrogens is 414 g/mol. The molecule has 1 aliphatic heterocycles. The lowest BCUT2D eigenvalue weighted by Gasteiger charge is -2.34. The molecule has 1 fully saturated rings. The Morgan fingerprint density at radius 3 is 2.71 bits per heavy atom. The summed E-state index contributed by atoms with van der Waals surface area (Å²) in [6.07, 6.45) is 8.72. The van der Waals surface area contributed by atoms with Crippen LogP contribution in [0, 0.1) is 5.92 Å². The number of hydrogen-bond donors (Lipinski definition) is 0. The summed E-state index contributed by atoms with van der Waals surface area (Å²) in [5.41, 5.74) is 3.79. The topological polar surface area (TPSA) is 35.9 Å². The maximum absolute atomic E-state index is 12.9. The van der Waals surface area contributed by atoms with E-state index in [1.54, 1.807) is 0 Å². The first-order chi connectivity index (χ1) is 13.4. The highest BCUT2D eigenvalue weighted by Gasteiger charge is 2.29. The first-order valence-corrected chi connectivity index (χ1v) is 10.6. The number of allylic oxidation sites excluding steroid dienone is 4. The molecule has 1 aromatic rings. The van der Waals surface area contributed by atoms with Crippen molar-refractivity contribution in [2.75, 3.05) is 13.6 Å². The van der Waals surface area contributed by atoms with Gasteiger partial charge in [-0.3, -0.25) is 4.79 Å². The molecule has 1 amide bonds. The van der Waals surface area contributed by atoms with Crippen LogP contribution in [-0.4, -0.2) is 35.5 Å². The summed E-state index contributed by atoms with van der Waals surface area (Å²) in [6, 6.07) is 8.40. The van der Waals surface area contributed by atoms with Gasteiger partial charge < -0.3 is 9.80 Å². The molecule has 1 heterocycles. The van der Waals surface area contributed by atoms with E-state index in [-0.39, 0.29) is 11.9 Å². The summed E-state index contributed by atoms with van der Waals surface area (Å²) in [6.45, 7) is 8.74. The van der Waals surface area contributed by atoms with Crippen LogP contribution < -0.4 is 0 Å². The minimum atomic E-state index is -0.0602. The lowest BCUT2D eigenvalue weighted by molar-refractivity contribution is -0.126. The summed E-state index contributed by atoms with van der Waals surface area (Å²) in [5, 5.41) is 0. The number of halogens is 1. The Labute approximate surface area is 176 Å². The van der Waals surface area contributed by atoms with Gasteiger partial charge in [0.05, 0.1) is 12.3 Å². The Balaban J connectivity index is 1.77. The summed E-state index contributed by atoms with van der Waals surface area (Å²) >= 11 is 3.39. The SMILES string of the molecule is C=C(Br)/C=C(/N=CC(=O)N1CCc2ccccc2C1C)N(C)/C(=C\C)C1CC1. The second kappa shape index (κ2) is 8.91. The summed E-state index contributed by atoms with van der Waals surface area (Å²) < 4.78 is 0.727. The quantitative estimate of drug-likeness (QED) is 0.449. The highest BCUT2D eigenvalue weighted by molar-refractivity contribution is 9.11. The van der Waals surface area contributed by atoms with Crippen LogP contribution in [0.15, 0.2) is 64.0 Å². The minimum absolute atomic E-state index is 0.0535. The molecule has 1 atom stereocenters. The zero-order valence-electron chi connectivity index (χ0n) is 16.9. The second-order valence-electron chi connectivity index (χ2n) is 7.41. The fourth-order valence-corrected chi connectivity index (χ4v) is 4.05. The highest BCUT2D eigenvalue weighted by atomic mass is 79.9. The third-order valence-corrected chi connectivity index (χ3v) is 5.72. The molecule has 2 aliphatic rings. The minimum Gasteiger partial charge on any atom is -0.333 e. The molecule has 0 N–H and O–H groups in total. The Kier molecular flexibility index (Phi) is 6.55. The lowest BCUT2D eigenvalue weighted by atomic mass is 9.94. The Morgan fingerprint density at radius 1 is 1.36 bits per heavy atom. The zero-order chi connectivity index (χ0) is 20.3. The van der Waals surface area contributed by atoms with Gasteiger partial charge in [-0.25, -0.2) is 4.99 Å². The van der Waals surface area contributed by atoms with Gasteiger partial charge in [-0.1, -0.05) is 52.9 Å². The summed E-state index contributed by atoms with van der Waals surface area (Å²) in [4.78, 5) is 21.4. The van der Waals surface area contributed by atoms with Crippen LogP contribution in [0.3, 0.4) is 0 Å². The van der Waals surface area contributed by atoms with E-state index in [1.807, 2.05) is 31.0 Å². The molecule has 3 rings (SSSR count). The summed E-state index contributed by atoms with van der Waals surface area (Å²) in [7, 11) is 2.00. The van der Waals surface area contributed by atoms with Crippen LogP contribution in [0.25, 0.3) is 0 Å². The lowest BCUT2D eigenvalue weighted by Crippen LogP contribution is -2.39. The molecule has 148 valence electrons. The van der Waals surface area contributed by atoms with Gasteiger partial charge in [-0.15, -0.1) is 0 Å². The van der Waals surface area contributed by atoms with Crippen molar-refractivity contribution in [1.82, 2.24) is 9.80 Å². The predicted octanol–water partition coefficient (Wildman–Crippen LogP) is 5.20. The molecular formula is C23H28BrN3O. The van der Waals surface area contributed by atoms with Gasteiger partial charge in [-0.05, 0) is 56.2 Å². The van der Waals surface area contributed by atoms with Crippen molar-refractivity contribution >= 4 is 28.1 Å². The fraction of sp³-hybridized carbons (Fsp3) is 0.391. The van der Waals surface area contributed by atoms with Gasteiger partial charge in [0.1, 0.15) is 5.82 Å².